The molecule has 1 saturated carbocycles. The lowest BCUT2D eigenvalue weighted by Crippen LogP contribution is -2.53. The van der Waals surface area contributed by atoms with Gasteiger partial charge >= 0.3 is 0 Å². The summed E-state index contributed by atoms with van der Waals surface area (Å²) in [5.74, 6) is -0.434. The van der Waals surface area contributed by atoms with Crippen LogP contribution in [-0.2, 0) is 9.59 Å². The van der Waals surface area contributed by atoms with Crippen LogP contribution < -0.4 is 5.32 Å². The van der Waals surface area contributed by atoms with Crippen molar-refractivity contribution in [2.45, 2.75) is 31.6 Å². The number of rotatable bonds is 1. The number of hydrogen-bond donors (Lipinski definition) is 1. The first-order valence-electron chi connectivity index (χ1n) is 6.20. The molecule has 1 aromatic rings. The highest BCUT2D eigenvalue weighted by atomic mass is 79.9. The van der Waals surface area contributed by atoms with Crippen LogP contribution in [0.2, 0.25) is 0 Å². The Bertz CT molecular complexity index is 522. The highest BCUT2D eigenvalue weighted by molar-refractivity contribution is 9.10. The van der Waals surface area contributed by atoms with Crippen LogP contribution in [0, 0.1) is 5.41 Å². The Morgan fingerprint density at radius 3 is 2.67 bits per heavy atom. The quantitative estimate of drug-likeness (QED) is 0.811. The number of carbonyl (C=O) groups excluding carboxylic acids is 2. The number of halogens is 1. The zero-order chi connectivity index (χ0) is 12.8. The fraction of sp³-hybridized carbons (Fsp3) is 0.429. The first kappa shape index (κ1) is 11.9. The van der Waals surface area contributed by atoms with E-state index in [2.05, 4.69) is 21.2 Å². The maximum absolute atomic E-state index is 12.2. The van der Waals surface area contributed by atoms with Gasteiger partial charge in [-0.2, -0.15) is 0 Å². The molecule has 4 heteroatoms. The molecule has 94 valence electrons. The predicted molar refractivity (Wildman–Crippen MR) is 70.9 cm³/mol. The van der Waals surface area contributed by atoms with Gasteiger partial charge in [0.15, 0.2) is 0 Å². The Balaban J connectivity index is 2.02. The van der Waals surface area contributed by atoms with Gasteiger partial charge in [-0.1, -0.05) is 34.5 Å². The molecule has 2 amide bonds. The van der Waals surface area contributed by atoms with Crippen molar-refractivity contribution < 1.29 is 9.59 Å². The monoisotopic (exact) mass is 307 g/mol. The highest BCUT2D eigenvalue weighted by Gasteiger charge is 2.52. The summed E-state index contributed by atoms with van der Waals surface area (Å²) in [7, 11) is 0. The summed E-state index contributed by atoms with van der Waals surface area (Å²) in [5.41, 5.74) is 0.884. The Hall–Kier alpha value is -1.16. The van der Waals surface area contributed by atoms with Gasteiger partial charge in [0.25, 0.3) is 0 Å². The van der Waals surface area contributed by atoms with Crippen LogP contribution in [0.3, 0.4) is 0 Å². The van der Waals surface area contributed by atoms with E-state index < -0.39 is 0 Å². The Kier molecular flexibility index (Phi) is 2.77. The number of amides is 2. The van der Waals surface area contributed by atoms with Crippen molar-refractivity contribution in [3.05, 3.63) is 34.3 Å². The zero-order valence-electron chi connectivity index (χ0n) is 9.91. The van der Waals surface area contributed by atoms with Crippen molar-refractivity contribution in [1.29, 1.82) is 0 Å². The molecule has 1 unspecified atom stereocenters. The van der Waals surface area contributed by atoms with E-state index >= 15 is 0 Å². The van der Waals surface area contributed by atoms with Crippen LogP contribution in [0.15, 0.2) is 28.7 Å². The fourth-order valence-electron chi connectivity index (χ4n) is 3.24. The SMILES string of the molecule is O=C1CC2(CCC2)C(c2cccc(Br)c2)C(=O)N1. The van der Waals surface area contributed by atoms with Gasteiger partial charge in [0.2, 0.25) is 11.8 Å². The van der Waals surface area contributed by atoms with E-state index in [1.807, 2.05) is 24.3 Å². The van der Waals surface area contributed by atoms with E-state index in [0.29, 0.717) is 6.42 Å². The molecule has 2 fully saturated rings. The molecule has 1 heterocycles. The summed E-state index contributed by atoms with van der Waals surface area (Å²) in [6.07, 6.45) is 3.55. The number of hydrogen-bond acceptors (Lipinski definition) is 2. The third kappa shape index (κ3) is 1.79. The molecule has 1 atom stereocenters. The first-order chi connectivity index (χ1) is 8.61. The largest absolute Gasteiger partial charge is 0.296 e. The van der Waals surface area contributed by atoms with Gasteiger partial charge in [-0.25, -0.2) is 0 Å². The second kappa shape index (κ2) is 4.19. The van der Waals surface area contributed by atoms with E-state index in [0.717, 1.165) is 29.3 Å². The molecule has 3 rings (SSSR count). The molecule has 1 aliphatic carbocycles. The Morgan fingerprint density at radius 1 is 1.28 bits per heavy atom. The molecule has 1 saturated heterocycles. The minimum atomic E-state index is -0.179. The van der Waals surface area contributed by atoms with Gasteiger partial charge in [-0.05, 0) is 36.0 Å². The number of piperidine rings is 1. The van der Waals surface area contributed by atoms with Crippen molar-refractivity contribution in [1.82, 2.24) is 5.32 Å². The summed E-state index contributed by atoms with van der Waals surface area (Å²) in [6, 6.07) is 7.85. The molecule has 2 aliphatic rings. The lowest BCUT2D eigenvalue weighted by molar-refractivity contribution is -0.143. The van der Waals surface area contributed by atoms with E-state index in [9.17, 15) is 9.59 Å². The summed E-state index contributed by atoms with van der Waals surface area (Å²) in [6.45, 7) is 0. The topological polar surface area (TPSA) is 46.2 Å². The molecule has 1 aliphatic heterocycles. The third-order valence-electron chi connectivity index (χ3n) is 4.18. The van der Waals surface area contributed by atoms with Gasteiger partial charge in [-0.3, -0.25) is 14.9 Å². The molecule has 18 heavy (non-hydrogen) atoms. The van der Waals surface area contributed by atoms with E-state index in [4.69, 9.17) is 0 Å². The number of nitrogens with one attached hydrogen (secondary N) is 1. The van der Waals surface area contributed by atoms with Crippen LogP contribution in [0.4, 0.5) is 0 Å². The molecular formula is C14H14BrNO2. The maximum Gasteiger partial charge on any atom is 0.234 e. The minimum Gasteiger partial charge on any atom is -0.296 e. The lowest BCUT2D eigenvalue weighted by Gasteiger charge is -2.49. The molecule has 1 spiro atoms. The van der Waals surface area contributed by atoms with Gasteiger partial charge in [0, 0.05) is 10.9 Å². The Morgan fingerprint density at radius 2 is 2.06 bits per heavy atom. The molecular weight excluding hydrogens is 294 g/mol. The molecule has 1 N–H and O–H groups in total. The van der Waals surface area contributed by atoms with Crippen molar-refractivity contribution in [2.24, 2.45) is 5.41 Å². The van der Waals surface area contributed by atoms with Crippen LogP contribution in [0.25, 0.3) is 0 Å². The van der Waals surface area contributed by atoms with Crippen molar-refractivity contribution in [2.75, 3.05) is 0 Å². The lowest BCUT2D eigenvalue weighted by atomic mass is 9.56. The third-order valence-corrected chi connectivity index (χ3v) is 4.67. The van der Waals surface area contributed by atoms with Gasteiger partial charge in [0.05, 0.1) is 5.92 Å². The normalized spacial score (nSPS) is 25.7. The summed E-state index contributed by atoms with van der Waals surface area (Å²) < 4.78 is 0.971. The molecule has 0 radical (unpaired) electrons. The molecule has 1 aromatic carbocycles. The van der Waals surface area contributed by atoms with Gasteiger partial charge in [0.1, 0.15) is 0 Å². The zero-order valence-corrected chi connectivity index (χ0v) is 11.5. The first-order valence-corrected chi connectivity index (χ1v) is 6.99. The van der Waals surface area contributed by atoms with Crippen LogP contribution in [0.1, 0.15) is 37.2 Å². The van der Waals surface area contributed by atoms with Crippen LogP contribution in [0.5, 0.6) is 0 Å². The van der Waals surface area contributed by atoms with Crippen LogP contribution in [-0.4, -0.2) is 11.8 Å². The van der Waals surface area contributed by atoms with E-state index in [1.54, 1.807) is 0 Å². The second-order valence-electron chi connectivity index (χ2n) is 5.29. The summed E-state index contributed by atoms with van der Waals surface area (Å²) in [5, 5.41) is 2.48. The second-order valence-corrected chi connectivity index (χ2v) is 6.21. The van der Waals surface area contributed by atoms with Gasteiger partial charge in [-0.15, -0.1) is 0 Å². The number of benzene rings is 1. The summed E-state index contributed by atoms with van der Waals surface area (Å²) in [4.78, 5) is 23.8. The smallest absolute Gasteiger partial charge is 0.234 e. The highest BCUT2D eigenvalue weighted by Crippen LogP contribution is 2.55. The molecule has 0 aromatic heterocycles. The predicted octanol–water partition coefficient (Wildman–Crippen LogP) is 2.75. The van der Waals surface area contributed by atoms with E-state index in [1.165, 1.54) is 0 Å². The standard InChI is InChI=1S/C14H14BrNO2/c15-10-4-1-3-9(7-10)12-13(18)16-11(17)8-14(12)5-2-6-14/h1,3-4,7,12H,2,5-6,8H2,(H,16,17,18). The van der Waals surface area contributed by atoms with Crippen molar-refractivity contribution in [3.8, 4) is 0 Å². The average Bonchev–Trinajstić information content (AvgIpc) is 2.25. The van der Waals surface area contributed by atoms with Crippen molar-refractivity contribution in [3.63, 3.8) is 0 Å². The molecule has 3 nitrogen and oxygen atoms in total. The number of carbonyl (C=O) groups is 2. The van der Waals surface area contributed by atoms with Crippen molar-refractivity contribution >= 4 is 27.7 Å². The minimum absolute atomic E-state index is 0.119. The van der Waals surface area contributed by atoms with Crippen LogP contribution >= 0.6 is 15.9 Å². The van der Waals surface area contributed by atoms with E-state index in [-0.39, 0.29) is 23.1 Å². The van der Waals surface area contributed by atoms with Gasteiger partial charge < -0.3 is 0 Å². The fourth-order valence-corrected chi connectivity index (χ4v) is 3.66. The summed E-state index contributed by atoms with van der Waals surface area (Å²) >= 11 is 3.44. The Labute approximate surface area is 114 Å². The maximum atomic E-state index is 12.2. The number of imide groups is 1. The molecule has 0 bridgehead atoms. The average molecular weight is 308 g/mol.